The summed E-state index contributed by atoms with van der Waals surface area (Å²) in [6.07, 6.45) is 0. The third kappa shape index (κ3) is 2.61. The number of carbonyl (C=O) groups is 1. The van der Waals surface area contributed by atoms with Crippen LogP contribution in [0, 0.1) is 0 Å². The number of thiocarbonyl (C=S) groups is 1. The fourth-order valence-corrected chi connectivity index (χ4v) is 2.35. The highest BCUT2D eigenvalue weighted by atomic mass is 32.1. The Morgan fingerprint density at radius 2 is 2.06 bits per heavy atom. The second-order valence-electron chi connectivity index (χ2n) is 4.52. The fourth-order valence-electron chi connectivity index (χ4n) is 2.14. The third-order valence-electron chi connectivity index (χ3n) is 3.25. The molecule has 1 aliphatic rings. The number of nitrogens with zero attached hydrogens (tertiary/aromatic N) is 2. The molecule has 0 saturated carbocycles. The van der Waals surface area contributed by atoms with Gasteiger partial charge in [0.1, 0.15) is 0 Å². The molecule has 1 aliphatic heterocycles. The molecule has 0 spiro atoms. The van der Waals surface area contributed by atoms with Crippen molar-refractivity contribution in [3.8, 4) is 0 Å². The minimum atomic E-state index is -0.0725. The molecule has 1 unspecified atom stereocenters. The fraction of sp³-hybridized carbons (Fsp3) is 0.385. The number of urea groups is 1. The molecule has 5 heteroatoms. The third-order valence-corrected chi connectivity index (χ3v) is 3.54. The molecule has 4 nitrogen and oxygen atoms in total. The number of hydrogen-bond donors (Lipinski definition) is 1. The van der Waals surface area contributed by atoms with Crippen molar-refractivity contribution >= 4 is 23.2 Å². The highest BCUT2D eigenvalue weighted by Gasteiger charge is 2.28. The van der Waals surface area contributed by atoms with Gasteiger partial charge in [0, 0.05) is 26.7 Å². The maximum Gasteiger partial charge on any atom is 0.319 e. The SMILES string of the molecule is CN1CCN(CC(C(N)=S)c2ccccc2)C1=O. The van der Waals surface area contributed by atoms with E-state index in [0.717, 1.165) is 18.7 Å². The van der Waals surface area contributed by atoms with Crippen LogP contribution in [0.5, 0.6) is 0 Å². The molecular formula is C13H17N3OS. The summed E-state index contributed by atoms with van der Waals surface area (Å²) in [5.74, 6) is -0.0725. The van der Waals surface area contributed by atoms with Gasteiger partial charge in [-0.1, -0.05) is 42.5 Å². The summed E-state index contributed by atoms with van der Waals surface area (Å²) >= 11 is 5.13. The lowest BCUT2D eigenvalue weighted by molar-refractivity contribution is 0.198. The van der Waals surface area contributed by atoms with Crippen LogP contribution in [-0.2, 0) is 0 Å². The number of hydrogen-bond acceptors (Lipinski definition) is 2. The molecule has 1 atom stereocenters. The van der Waals surface area contributed by atoms with Gasteiger partial charge in [-0.25, -0.2) is 4.79 Å². The lowest BCUT2D eigenvalue weighted by atomic mass is 9.99. The zero-order chi connectivity index (χ0) is 13.1. The molecule has 0 aromatic heterocycles. The summed E-state index contributed by atoms with van der Waals surface area (Å²) in [5, 5.41) is 0. The van der Waals surface area contributed by atoms with Crippen LogP contribution in [0.3, 0.4) is 0 Å². The van der Waals surface area contributed by atoms with E-state index in [1.165, 1.54) is 0 Å². The molecule has 1 aromatic carbocycles. The molecule has 2 amide bonds. The zero-order valence-corrected chi connectivity index (χ0v) is 11.2. The first-order chi connectivity index (χ1) is 8.59. The topological polar surface area (TPSA) is 49.6 Å². The summed E-state index contributed by atoms with van der Waals surface area (Å²) in [4.78, 5) is 15.8. The van der Waals surface area contributed by atoms with Crippen molar-refractivity contribution in [2.75, 3.05) is 26.7 Å². The highest BCUT2D eigenvalue weighted by Crippen LogP contribution is 2.19. The molecule has 0 aliphatic carbocycles. The number of likely N-dealkylation sites (N-methyl/N-ethyl adjacent to an activating group) is 1. The van der Waals surface area contributed by atoms with Gasteiger partial charge in [0.15, 0.2) is 0 Å². The molecular weight excluding hydrogens is 246 g/mol. The van der Waals surface area contributed by atoms with Crippen LogP contribution in [0.25, 0.3) is 0 Å². The second kappa shape index (κ2) is 5.35. The predicted molar refractivity (Wildman–Crippen MR) is 75.6 cm³/mol. The lowest BCUT2D eigenvalue weighted by Crippen LogP contribution is -2.36. The highest BCUT2D eigenvalue weighted by molar-refractivity contribution is 7.80. The standard InChI is InChI=1S/C13H17N3OS/c1-15-7-8-16(13(15)17)9-11(12(14)18)10-5-3-2-4-6-10/h2-6,11H,7-9H2,1H3,(H2,14,18). The van der Waals surface area contributed by atoms with Crippen molar-refractivity contribution in [2.45, 2.75) is 5.92 Å². The average molecular weight is 263 g/mol. The van der Waals surface area contributed by atoms with Crippen molar-refractivity contribution in [2.24, 2.45) is 5.73 Å². The predicted octanol–water partition coefficient (Wildman–Crippen LogP) is 1.42. The maximum atomic E-state index is 11.9. The van der Waals surface area contributed by atoms with E-state index in [-0.39, 0.29) is 11.9 Å². The van der Waals surface area contributed by atoms with Crippen molar-refractivity contribution in [1.82, 2.24) is 9.80 Å². The van der Waals surface area contributed by atoms with E-state index in [1.54, 1.807) is 16.8 Å². The van der Waals surface area contributed by atoms with Crippen LogP contribution >= 0.6 is 12.2 Å². The second-order valence-corrected chi connectivity index (χ2v) is 4.99. The van der Waals surface area contributed by atoms with Crippen molar-refractivity contribution in [1.29, 1.82) is 0 Å². The Labute approximate surface area is 112 Å². The van der Waals surface area contributed by atoms with E-state index in [1.807, 2.05) is 30.3 Å². The van der Waals surface area contributed by atoms with Gasteiger partial charge in [-0.2, -0.15) is 0 Å². The van der Waals surface area contributed by atoms with E-state index >= 15 is 0 Å². The molecule has 0 radical (unpaired) electrons. The van der Waals surface area contributed by atoms with Crippen LogP contribution in [-0.4, -0.2) is 47.5 Å². The number of benzene rings is 1. The molecule has 1 aromatic rings. The van der Waals surface area contributed by atoms with Gasteiger partial charge in [0.2, 0.25) is 0 Å². The van der Waals surface area contributed by atoms with Gasteiger partial charge in [-0.15, -0.1) is 0 Å². The Bertz CT molecular complexity index is 449. The molecule has 1 heterocycles. The van der Waals surface area contributed by atoms with Gasteiger partial charge in [-0.05, 0) is 5.56 Å². The Kier molecular flexibility index (Phi) is 3.81. The van der Waals surface area contributed by atoms with Crippen LogP contribution in [0.4, 0.5) is 4.79 Å². The summed E-state index contributed by atoms with van der Waals surface area (Å²) in [6, 6.07) is 9.90. The number of rotatable bonds is 4. The van der Waals surface area contributed by atoms with Gasteiger partial charge >= 0.3 is 6.03 Å². The van der Waals surface area contributed by atoms with Gasteiger partial charge in [0.25, 0.3) is 0 Å². The maximum absolute atomic E-state index is 11.9. The van der Waals surface area contributed by atoms with Crippen LogP contribution in [0.15, 0.2) is 30.3 Å². The molecule has 2 N–H and O–H groups in total. The molecule has 1 fully saturated rings. The Hall–Kier alpha value is -1.62. The van der Waals surface area contributed by atoms with E-state index in [9.17, 15) is 4.79 Å². The van der Waals surface area contributed by atoms with Crippen LogP contribution < -0.4 is 5.73 Å². The monoisotopic (exact) mass is 263 g/mol. The Morgan fingerprint density at radius 1 is 1.39 bits per heavy atom. The largest absolute Gasteiger partial charge is 0.393 e. The van der Waals surface area contributed by atoms with Crippen molar-refractivity contribution in [3.05, 3.63) is 35.9 Å². The van der Waals surface area contributed by atoms with Crippen molar-refractivity contribution < 1.29 is 4.79 Å². The molecule has 18 heavy (non-hydrogen) atoms. The summed E-state index contributed by atoms with van der Waals surface area (Å²) in [6.45, 7) is 2.06. The average Bonchev–Trinajstić information content (AvgIpc) is 2.68. The summed E-state index contributed by atoms with van der Waals surface area (Å²) < 4.78 is 0. The van der Waals surface area contributed by atoms with E-state index in [2.05, 4.69) is 0 Å². The minimum absolute atomic E-state index is 0.0483. The molecule has 0 bridgehead atoms. The minimum Gasteiger partial charge on any atom is -0.393 e. The lowest BCUT2D eigenvalue weighted by Gasteiger charge is -2.23. The van der Waals surface area contributed by atoms with E-state index in [0.29, 0.717) is 11.5 Å². The smallest absolute Gasteiger partial charge is 0.319 e. The van der Waals surface area contributed by atoms with Crippen LogP contribution in [0.1, 0.15) is 11.5 Å². The first-order valence-electron chi connectivity index (χ1n) is 5.94. The zero-order valence-electron chi connectivity index (χ0n) is 10.4. The molecule has 2 rings (SSSR count). The Balaban J connectivity index is 2.13. The van der Waals surface area contributed by atoms with E-state index in [4.69, 9.17) is 18.0 Å². The quantitative estimate of drug-likeness (QED) is 0.836. The van der Waals surface area contributed by atoms with Gasteiger partial charge < -0.3 is 15.5 Å². The molecule has 96 valence electrons. The van der Waals surface area contributed by atoms with Crippen LogP contribution in [0.2, 0.25) is 0 Å². The summed E-state index contributed by atoms with van der Waals surface area (Å²) in [5.41, 5.74) is 6.87. The van der Waals surface area contributed by atoms with Crippen molar-refractivity contribution in [3.63, 3.8) is 0 Å². The first kappa shape index (κ1) is 12.8. The van der Waals surface area contributed by atoms with Gasteiger partial charge in [-0.3, -0.25) is 0 Å². The molecule has 1 saturated heterocycles. The number of nitrogens with two attached hydrogens (primary N) is 1. The van der Waals surface area contributed by atoms with E-state index < -0.39 is 0 Å². The summed E-state index contributed by atoms with van der Waals surface area (Å²) in [7, 11) is 1.81. The number of carbonyl (C=O) groups excluding carboxylic acids is 1. The Morgan fingerprint density at radius 3 is 2.56 bits per heavy atom. The number of amides is 2. The first-order valence-corrected chi connectivity index (χ1v) is 6.34. The normalized spacial score (nSPS) is 17.1. The van der Waals surface area contributed by atoms with Gasteiger partial charge in [0.05, 0.1) is 10.9 Å².